The lowest BCUT2D eigenvalue weighted by atomic mass is 9.94. The van der Waals surface area contributed by atoms with E-state index in [9.17, 15) is 19.2 Å². The minimum Gasteiger partial charge on any atom is -0.478 e. The Hall–Kier alpha value is -10.7. The SMILES string of the molecule is CCOC(=O)C=C1c2ccccc2-c2ccccc21.O=C(C=C1c2ccccc2-c2ccccc21)NCCN1CCOCC1.O=C(O)C=C1c2ccccc2-c2ccccc21.O=C1c2ccccc2-c2ccccc21.c1ccc2c(c1)-c1ccccc1C2CCNCCN1CCOCC1. The lowest BCUT2D eigenvalue weighted by Crippen LogP contribution is -2.41. The quantitative estimate of drug-likeness (QED) is 0.0576. The van der Waals surface area contributed by atoms with Crippen molar-refractivity contribution in [2.24, 2.45) is 0 Å². The molecule has 0 aromatic heterocycles. The van der Waals surface area contributed by atoms with Crippen LogP contribution in [0.3, 0.4) is 0 Å². The number of hydrogen-bond acceptors (Lipinski definition) is 10. The second-order valence-corrected chi connectivity index (χ2v) is 24.9. The normalized spacial score (nSPS) is 14.4. The summed E-state index contributed by atoms with van der Waals surface area (Å²) in [5.74, 6) is -0.547. The second kappa shape index (κ2) is 32.1. The lowest BCUT2D eigenvalue weighted by molar-refractivity contribution is -0.137. The van der Waals surface area contributed by atoms with E-state index >= 15 is 0 Å². The van der Waals surface area contributed by atoms with Crippen LogP contribution in [0, 0.1) is 0 Å². The fourth-order valence-electron chi connectivity index (χ4n) is 14.4. The van der Waals surface area contributed by atoms with E-state index in [0.29, 0.717) is 19.1 Å². The zero-order valence-electron chi connectivity index (χ0n) is 55.7. The topological polar surface area (TPSA) is 147 Å². The number of amides is 1. The van der Waals surface area contributed by atoms with Gasteiger partial charge in [-0.2, -0.15) is 0 Å². The number of nitrogens with zero attached hydrogens (tertiary/aromatic N) is 2. The maximum atomic E-state index is 12.4. The summed E-state index contributed by atoms with van der Waals surface area (Å²) in [5, 5.41) is 15.6. The molecule has 2 saturated heterocycles. The number of carboxylic acids is 1. The van der Waals surface area contributed by atoms with Gasteiger partial charge in [-0.15, -0.1) is 0 Å². The zero-order chi connectivity index (χ0) is 67.9. The number of hydrogen-bond donors (Lipinski definition) is 3. The first-order chi connectivity index (χ1) is 48.7. The monoisotopic (exact) mass is 1310 g/mol. The molecular weight excluding hydrogens is 1230 g/mol. The number of fused-ring (bicyclic) bond motifs is 15. The number of carbonyl (C=O) groups excluding carboxylic acids is 3. The molecule has 0 atom stereocenters. The molecule has 496 valence electrons. The minimum atomic E-state index is -0.911. The number of ether oxygens (including phenoxy) is 3. The standard InChI is InChI=1S/C21H22N2O2.C21H26N2O.C17H14O2.C15H10O2.C13H8O/c24-21(22-9-10-23-11-13-25-14-12-23)15-20-18-7-3-1-5-16(18)17-6-2-4-8-19(17)20;1-3-7-19-17(5-1)18-6-2-4-8-20(18)21(19)9-10-22-11-12-23-13-15-24-16-14-23;1-2-19-17(18)11-16-14-9-5-3-7-12(14)13-8-4-6-10-15(13)16;16-15(17)9-14-12-7-3-1-5-10(12)11-6-2-4-8-13(11)14;14-13-11-7-3-1-5-9(11)10-6-2-4-8-12(10)13/h1-8,15H,9-14H2,(H,22,24);1-8,21-22H,9-16H2;3-11H,2H2,1H3;1-9H,(H,16,17);1-8H. The van der Waals surface area contributed by atoms with E-state index in [1.807, 2.05) is 165 Å². The van der Waals surface area contributed by atoms with Crippen molar-refractivity contribution in [1.29, 1.82) is 0 Å². The third-order valence-corrected chi connectivity index (χ3v) is 19.0. The van der Waals surface area contributed by atoms with Crippen molar-refractivity contribution in [3.8, 4) is 55.6 Å². The molecule has 0 bridgehead atoms. The Morgan fingerprint density at radius 2 is 0.707 bits per heavy atom. The molecule has 12 heteroatoms. The van der Waals surface area contributed by atoms with Crippen LogP contribution < -0.4 is 10.6 Å². The molecular formula is C87H80N4O8. The van der Waals surface area contributed by atoms with E-state index in [4.69, 9.17) is 19.3 Å². The van der Waals surface area contributed by atoms with Gasteiger partial charge in [0.15, 0.2) is 5.78 Å². The summed E-state index contributed by atoms with van der Waals surface area (Å²) < 4.78 is 15.8. The van der Waals surface area contributed by atoms with Gasteiger partial charge in [0.25, 0.3) is 0 Å². The summed E-state index contributed by atoms with van der Waals surface area (Å²) in [7, 11) is 0. The Bertz CT molecular complexity index is 4450. The highest BCUT2D eigenvalue weighted by atomic mass is 16.5. The summed E-state index contributed by atoms with van der Waals surface area (Å²) in [4.78, 5) is 51.7. The molecule has 10 aromatic rings. The summed E-state index contributed by atoms with van der Waals surface area (Å²) in [6.07, 6.45) is 5.78. The summed E-state index contributed by atoms with van der Waals surface area (Å²) in [6.45, 7) is 14.4. The smallest absolute Gasteiger partial charge is 0.331 e. The summed E-state index contributed by atoms with van der Waals surface area (Å²) in [5.41, 5.74) is 25.8. The molecule has 0 spiro atoms. The molecule has 0 unspecified atom stereocenters. The molecule has 10 aromatic carbocycles. The zero-order valence-corrected chi connectivity index (χ0v) is 55.7. The molecule has 7 aliphatic rings. The van der Waals surface area contributed by atoms with Crippen LogP contribution in [-0.2, 0) is 28.6 Å². The van der Waals surface area contributed by atoms with Crippen LogP contribution in [0.2, 0.25) is 0 Å². The first-order valence-electron chi connectivity index (χ1n) is 34.3. The van der Waals surface area contributed by atoms with Crippen molar-refractivity contribution in [2.75, 3.05) is 91.9 Å². The average Bonchev–Trinajstić information content (AvgIpc) is 1.66. The van der Waals surface area contributed by atoms with Crippen LogP contribution in [0.15, 0.2) is 261 Å². The molecule has 0 saturated carbocycles. The number of nitrogens with one attached hydrogen (secondary N) is 2. The van der Waals surface area contributed by atoms with Crippen LogP contribution in [0.1, 0.15) is 79.7 Å². The average molecular weight is 1310 g/mol. The molecule has 2 aliphatic heterocycles. The number of benzene rings is 10. The predicted octanol–water partition coefficient (Wildman–Crippen LogP) is 15.4. The molecule has 1 amide bonds. The fourth-order valence-corrected chi connectivity index (χ4v) is 14.4. The highest BCUT2D eigenvalue weighted by molar-refractivity contribution is 6.21. The summed E-state index contributed by atoms with van der Waals surface area (Å²) >= 11 is 0. The van der Waals surface area contributed by atoms with Gasteiger partial charge in [0, 0.05) is 87.6 Å². The second-order valence-electron chi connectivity index (χ2n) is 24.9. The number of aliphatic carboxylic acids is 1. The van der Waals surface area contributed by atoms with E-state index in [1.165, 1.54) is 50.6 Å². The van der Waals surface area contributed by atoms with Crippen LogP contribution in [0.5, 0.6) is 0 Å². The van der Waals surface area contributed by atoms with Gasteiger partial charge in [-0.05, 0) is 137 Å². The Morgan fingerprint density at radius 1 is 0.404 bits per heavy atom. The molecule has 5 aliphatic carbocycles. The first-order valence-corrected chi connectivity index (χ1v) is 34.3. The number of carbonyl (C=O) groups is 4. The number of rotatable bonds is 13. The maximum absolute atomic E-state index is 12.4. The van der Waals surface area contributed by atoms with Crippen LogP contribution in [0.25, 0.3) is 72.4 Å². The maximum Gasteiger partial charge on any atom is 0.331 e. The molecule has 0 radical (unpaired) electrons. The predicted molar refractivity (Wildman–Crippen MR) is 395 cm³/mol. The van der Waals surface area contributed by atoms with Crippen molar-refractivity contribution < 1.29 is 38.5 Å². The van der Waals surface area contributed by atoms with Crippen molar-refractivity contribution in [3.05, 3.63) is 317 Å². The van der Waals surface area contributed by atoms with E-state index in [-0.39, 0.29) is 17.7 Å². The van der Waals surface area contributed by atoms with E-state index in [1.54, 1.807) is 12.2 Å². The molecule has 12 nitrogen and oxygen atoms in total. The van der Waals surface area contributed by atoms with Crippen molar-refractivity contribution in [2.45, 2.75) is 19.3 Å². The van der Waals surface area contributed by atoms with Crippen LogP contribution in [-0.4, -0.2) is 130 Å². The lowest BCUT2D eigenvalue weighted by Gasteiger charge is -2.26. The highest BCUT2D eigenvalue weighted by Crippen LogP contribution is 2.48. The van der Waals surface area contributed by atoms with Crippen LogP contribution >= 0.6 is 0 Å². The Kier molecular flexibility index (Phi) is 21.7. The molecule has 3 N–H and O–H groups in total. The molecule has 2 fully saturated rings. The van der Waals surface area contributed by atoms with Gasteiger partial charge in [-0.1, -0.05) is 243 Å². The summed E-state index contributed by atoms with van der Waals surface area (Å²) in [6, 6.07) is 81.9. The largest absolute Gasteiger partial charge is 0.478 e. The third kappa shape index (κ3) is 15.2. The van der Waals surface area contributed by atoms with E-state index < -0.39 is 5.97 Å². The highest BCUT2D eigenvalue weighted by Gasteiger charge is 2.30. The Morgan fingerprint density at radius 3 is 1.07 bits per heavy atom. The van der Waals surface area contributed by atoms with Gasteiger partial charge < -0.3 is 30.0 Å². The minimum absolute atomic E-state index is 0.0326. The first kappa shape index (κ1) is 66.9. The third-order valence-electron chi connectivity index (χ3n) is 19.0. The van der Waals surface area contributed by atoms with E-state index in [2.05, 4.69) is 105 Å². The number of esters is 1. The van der Waals surface area contributed by atoms with Crippen LogP contribution in [0.4, 0.5) is 0 Å². The van der Waals surface area contributed by atoms with Gasteiger partial charge in [0.1, 0.15) is 0 Å². The molecule has 2 heterocycles. The number of carboxylic acid groups (broad SMARTS) is 1. The Labute approximate surface area is 579 Å². The van der Waals surface area contributed by atoms with Crippen molar-refractivity contribution >= 4 is 40.3 Å². The fraction of sp³-hybridized carbons (Fsp3) is 0.195. The van der Waals surface area contributed by atoms with Crippen molar-refractivity contribution in [1.82, 2.24) is 20.4 Å². The Balaban J connectivity index is 0.000000113. The molecule has 17 rings (SSSR count). The van der Waals surface area contributed by atoms with Crippen molar-refractivity contribution in [3.63, 3.8) is 0 Å². The molecule has 99 heavy (non-hydrogen) atoms. The van der Waals surface area contributed by atoms with Gasteiger partial charge in [0.05, 0.1) is 33.0 Å². The number of ketones is 1. The van der Waals surface area contributed by atoms with Gasteiger partial charge in [-0.25, -0.2) is 9.59 Å². The number of morpholine rings is 2. The van der Waals surface area contributed by atoms with E-state index in [0.717, 1.165) is 169 Å². The van der Waals surface area contributed by atoms with Gasteiger partial charge >= 0.3 is 11.9 Å². The van der Waals surface area contributed by atoms with Gasteiger partial charge in [-0.3, -0.25) is 19.4 Å². The van der Waals surface area contributed by atoms with Gasteiger partial charge in [0.2, 0.25) is 5.91 Å².